The van der Waals surface area contributed by atoms with Crippen LogP contribution >= 0.6 is 16.1 Å². The lowest BCUT2D eigenvalue weighted by atomic mass is 10.7. The molecule has 1 rings (SSSR count). The molecule has 0 saturated heterocycles. The highest BCUT2D eigenvalue weighted by Gasteiger charge is 2.04. The normalized spacial score (nSPS) is 9.18. The van der Waals surface area contributed by atoms with E-state index < -0.39 is 5.97 Å². The van der Waals surface area contributed by atoms with Crippen molar-refractivity contribution in [2.24, 2.45) is 0 Å². The summed E-state index contributed by atoms with van der Waals surface area (Å²) in [5.41, 5.74) is 0. The summed E-state index contributed by atoms with van der Waals surface area (Å²) < 4.78 is 6.09. The maximum atomic E-state index is 10.6. The van der Waals surface area contributed by atoms with E-state index in [2.05, 4.69) is 32.4 Å². The lowest BCUT2D eigenvalue weighted by Gasteiger charge is -1.96. The molecular formula is C6H5BrN2O2. The molecule has 0 aliphatic rings. The average molecular weight is 217 g/mol. The lowest BCUT2D eigenvalue weighted by molar-refractivity contribution is -0.129. The molecule has 1 aromatic rings. The number of halogens is 1. The zero-order valence-corrected chi connectivity index (χ0v) is 7.11. The van der Waals surface area contributed by atoms with Crippen LogP contribution < -0.4 is 4.74 Å². The molecule has 0 aliphatic heterocycles. The number of rotatable bonds is 2. The Balaban J connectivity index is 2.71. The van der Waals surface area contributed by atoms with Crippen LogP contribution in [-0.4, -0.2) is 14.5 Å². The van der Waals surface area contributed by atoms with Crippen molar-refractivity contribution < 1.29 is 9.53 Å². The molecule has 0 spiro atoms. The maximum Gasteiger partial charge on any atom is 0.337 e. The van der Waals surface area contributed by atoms with Crippen LogP contribution in [0.15, 0.2) is 25.0 Å². The molecule has 1 aromatic heterocycles. The Morgan fingerprint density at radius 3 is 3.09 bits per heavy atom. The van der Waals surface area contributed by atoms with Crippen molar-refractivity contribution in [3.8, 4) is 6.01 Å². The van der Waals surface area contributed by atoms with E-state index in [1.54, 1.807) is 6.20 Å². The van der Waals surface area contributed by atoms with E-state index in [0.717, 1.165) is 6.08 Å². The van der Waals surface area contributed by atoms with Gasteiger partial charge in [0.05, 0.1) is 16.1 Å². The van der Waals surface area contributed by atoms with Crippen LogP contribution in [0, 0.1) is 0 Å². The van der Waals surface area contributed by atoms with Crippen LogP contribution in [0.5, 0.6) is 6.01 Å². The molecule has 0 N–H and O–H groups in total. The van der Waals surface area contributed by atoms with Gasteiger partial charge in [0.15, 0.2) is 0 Å². The Morgan fingerprint density at radius 2 is 2.64 bits per heavy atom. The Kier molecular flexibility index (Phi) is 2.43. The summed E-state index contributed by atoms with van der Waals surface area (Å²) in [5, 5.41) is 0. The number of esters is 1. The Morgan fingerprint density at radius 1 is 1.91 bits per heavy atom. The fraction of sp³-hybridized carbons (Fsp3) is 0. The monoisotopic (exact) mass is 216 g/mol. The van der Waals surface area contributed by atoms with Crippen molar-refractivity contribution in [3.63, 3.8) is 0 Å². The van der Waals surface area contributed by atoms with Crippen LogP contribution in [-0.2, 0) is 4.79 Å². The van der Waals surface area contributed by atoms with Gasteiger partial charge in [-0.15, -0.1) is 0 Å². The molecule has 0 aromatic carbocycles. The summed E-state index contributed by atoms with van der Waals surface area (Å²) in [6.07, 6.45) is 4.17. The van der Waals surface area contributed by atoms with Crippen molar-refractivity contribution >= 4 is 22.1 Å². The van der Waals surface area contributed by atoms with Gasteiger partial charge in [-0.1, -0.05) is 6.58 Å². The Hall–Kier alpha value is -1.10. The van der Waals surface area contributed by atoms with E-state index >= 15 is 0 Å². The molecule has 0 atom stereocenters. The van der Waals surface area contributed by atoms with E-state index in [4.69, 9.17) is 0 Å². The molecule has 0 bridgehead atoms. The summed E-state index contributed by atoms with van der Waals surface area (Å²) in [6.45, 7) is 3.24. The average Bonchev–Trinajstić information content (AvgIpc) is 2.37. The van der Waals surface area contributed by atoms with Gasteiger partial charge in [-0.3, -0.25) is 0 Å². The summed E-state index contributed by atoms with van der Waals surface area (Å²) in [4.78, 5) is 14.3. The second-order valence-electron chi connectivity index (χ2n) is 1.65. The summed E-state index contributed by atoms with van der Waals surface area (Å²) in [6, 6.07) is 0.190. The number of hydrogen-bond donors (Lipinski definition) is 0. The molecule has 11 heavy (non-hydrogen) atoms. The standard InChI is InChI=1S/C6H5BrN2O2/c1-2-5(10)11-6-8-3-4-9(6)7/h2-4H,1H2. The molecule has 0 fully saturated rings. The zero-order valence-electron chi connectivity index (χ0n) is 5.53. The predicted molar refractivity (Wildman–Crippen MR) is 42.4 cm³/mol. The van der Waals surface area contributed by atoms with Crippen molar-refractivity contribution in [2.45, 2.75) is 0 Å². The summed E-state index contributed by atoms with van der Waals surface area (Å²) >= 11 is 3.07. The quantitative estimate of drug-likeness (QED) is 0.550. The summed E-state index contributed by atoms with van der Waals surface area (Å²) in [5.74, 6) is -0.531. The van der Waals surface area contributed by atoms with Crippen molar-refractivity contribution in [2.75, 3.05) is 0 Å². The highest BCUT2D eigenvalue weighted by Crippen LogP contribution is 2.09. The van der Waals surface area contributed by atoms with E-state index in [1.807, 2.05) is 0 Å². The van der Waals surface area contributed by atoms with Gasteiger partial charge in [0, 0.05) is 18.5 Å². The Labute approximate surface area is 71.8 Å². The van der Waals surface area contributed by atoms with Gasteiger partial charge in [-0.25, -0.2) is 13.4 Å². The minimum atomic E-state index is -0.531. The van der Waals surface area contributed by atoms with Gasteiger partial charge in [0.25, 0.3) is 0 Å². The minimum Gasteiger partial charge on any atom is -0.388 e. The van der Waals surface area contributed by atoms with Gasteiger partial charge >= 0.3 is 12.0 Å². The second kappa shape index (κ2) is 3.34. The van der Waals surface area contributed by atoms with Crippen molar-refractivity contribution in [1.29, 1.82) is 0 Å². The van der Waals surface area contributed by atoms with Crippen LogP contribution in [0.1, 0.15) is 0 Å². The molecular weight excluding hydrogens is 212 g/mol. The van der Waals surface area contributed by atoms with Gasteiger partial charge in [-0.2, -0.15) is 0 Å². The van der Waals surface area contributed by atoms with E-state index in [9.17, 15) is 4.79 Å². The van der Waals surface area contributed by atoms with Gasteiger partial charge in [0.1, 0.15) is 0 Å². The fourth-order valence-corrected chi connectivity index (χ4v) is 0.746. The molecule has 58 valence electrons. The first-order valence-corrected chi connectivity index (χ1v) is 3.48. The molecule has 1 heterocycles. The van der Waals surface area contributed by atoms with E-state index in [1.165, 1.54) is 9.79 Å². The third kappa shape index (κ3) is 1.91. The smallest absolute Gasteiger partial charge is 0.337 e. The number of ether oxygens (including phenoxy) is 1. The highest BCUT2D eigenvalue weighted by molar-refractivity contribution is 9.08. The number of hydrogen-bond acceptors (Lipinski definition) is 3. The minimum absolute atomic E-state index is 0.190. The lowest BCUT2D eigenvalue weighted by Crippen LogP contribution is -2.05. The molecule has 0 unspecified atom stereocenters. The number of aromatic nitrogens is 2. The third-order valence-electron chi connectivity index (χ3n) is 0.924. The first-order valence-electron chi connectivity index (χ1n) is 2.78. The maximum absolute atomic E-state index is 10.6. The molecule has 0 aliphatic carbocycles. The van der Waals surface area contributed by atoms with Crippen LogP contribution in [0.2, 0.25) is 0 Å². The van der Waals surface area contributed by atoms with Crippen LogP contribution in [0.3, 0.4) is 0 Å². The SMILES string of the molecule is C=CC(=O)Oc1nccn1Br. The number of carbonyl (C=O) groups is 1. The molecule has 5 heteroatoms. The molecule has 4 nitrogen and oxygen atoms in total. The van der Waals surface area contributed by atoms with Crippen LogP contribution in [0.4, 0.5) is 0 Å². The van der Waals surface area contributed by atoms with Gasteiger partial charge in [-0.05, 0) is 0 Å². The van der Waals surface area contributed by atoms with E-state index in [-0.39, 0.29) is 6.01 Å². The first-order chi connectivity index (χ1) is 5.24. The zero-order chi connectivity index (χ0) is 8.27. The predicted octanol–water partition coefficient (Wildman–Crippen LogP) is 1.13. The first kappa shape index (κ1) is 8.00. The Bertz CT molecular complexity index is 282. The van der Waals surface area contributed by atoms with Crippen LogP contribution in [0.25, 0.3) is 0 Å². The second-order valence-corrected chi connectivity index (χ2v) is 2.41. The highest BCUT2D eigenvalue weighted by atomic mass is 79.9. The third-order valence-corrected chi connectivity index (χ3v) is 1.46. The molecule has 0 radical (unpaired) electrons. The largest absolute Gasteiger partial charge is 0.388 e. The molecule has 0 amide bonds. The summed E-state index contributed by atoms with van der Waals surface area (Å²) in [7, 11) is 0. The number of imidazole rings is 1. The fourth-order valence-electron chi connectivity index (χ4n) is 0.476. The van der Waals surface area contributed by atoms with E-state index in [0.29, 0.717) is 0 Å². The topological polar surface area (TPSA) is 44.1 Å². The van der Waals surface area contributed by atoms with Crippen molar-refractivity contribution in [3.05, 3.63) is 25.0 Å². The number of nitrogens with zero attached hydrogens (tertiary/aromatic N) is 2. The number of carbonyl (C=O) groups excluding carboxylic acids is 1. The van der Waals surface area contributed by atoms with Gasteiger partial charge in [0.2, 0.25) is 0 Å². The molecule has 0 saturated carbocycles. The van der Waals surface area contributed by atoms with Gasteiger partial charge < -0.3 is 4.74 Å². The van der Waals surface area contributed by atoms with Crippen molar-refractivity contribution in [1.82, 2.24) is 8.58 Å².